The van der Waals surface area contributed by atoms with Crippen LogP contribution in [0.5, 0.6) is 0 Å². The lowest BCUT2D eigenvalue weighted by Gasteiger charge is -1.90. The lowest BCUT2D eigenvalue weighted by molar-refractivity contribution is -0.138. The van der Waals surface area contributed by atoms with Gasteiger partial charge in [0, 0.05) is 6.42 Å². The second-order valence-corrected chi connectivity index (χ2v) is 3.45. The van der Waals surface area contributed by atoms with Crippen LogP contribution in [0.1, 0.15) is 52.4 Å². The average Bonchev–Trinajstić information content (AvgIpc) is 2.17. The number of nitrogens with two attached hydrogens (primary N) is 1. The van der Waals surface area contributed by atoms with Gasteiger partial charge in [-0.1, -0.05) is 26.2 Å². The summed E-state index contributed by atoms with van der Waals surface area (Å²) in [5.74, 6) is -0.993. The molecular weight excluding hydrogens is 210 g/mol. The molecule has 0 aliphatic rings. The zero-order chi connectivity index (χ0) is 12.1. The molecule has 0 aromatic carbocycles. The number of aliphatic carboxylic acids is 1. The number of Topliss-reactive ketones (excluding diaryl/α,β-unsaturated/α-hetero) is 1. The van der Waals surface area contributed by atoms with Gasteiger partial charge in [-0.05, 0) is 19.9 Å². The maximum Gasteiger partial charge on any atom is 0.303 e. The van der Waals surface area contributed by atoms with Gasteiger partial charge in [-0.3, -0.25) is 4.79 Å². The summed E-state index contributed by atoms with van der Waals surface area (Å²) in [5, 5.41) is 8.01. The number of carboxylic acid groups (broad SMARTS) is 1. The molecule has 0 fully saturated rings. The molecule has 0 saturated carbocycles. The number of carbonyl (C=O) groups is 2. The maximum absolute atomic E-state index is 10.1. The van der Waals surface area contributed by atoms with Crippen LogP contribution in [-0.2, 0) is 9.59 Å². The number of ketones is 1. The minimum atomic E-state index is -0.916. The van der Waals surface area contributed by atoms with Crippen LogP contribution in [0, 0.1) is 0 Å². The van der Waals surface area contributed by atoms with E-state index in [1.54, 1.807) is 0 Å². The molecule has 0 saturated heterocycles. The lowest BCUT2D eigenvalue weighted by Crippen LogP contribution is -1.98. The number of carboxylic acids is 1. The monoisotopic (exact) mass is 235 g/mol. The Morgan fingerprint density at radius 3 is 1.94 bits per heavy atom. The Labute approximate surface area is 97.3 Å². The first-order valence-corrected chi connectivity index (χ1v) is 5.45. The fourth-order valence-corrected chi connectivity index (χ4v) is 0.854. The van der Waals surface area contributed by atoms with Gasteiger partial charge in [-0.2, -0.15) is 0 Å². The molecule has 0 heterocycles. The molecule has 5 N–H and O–H groups in total. The standard InChI is InChI=1S/C6H15N.C5H8O3.H2O/c1-2-3-4-5-6-7;1-4(6)2-3-5(7)8;/h2-7H2,1H3;2-3H2,1H3,(H,7,8);1H2. The smallest absolute Gasteiger partial charge is 0.303 e. The molecule has 0 atom stereocenters. The zero-order valence-electron chi connectivity index (χ0n) is 10.3. The lowest BCUT2D eigenvalue weighted by atomic mass is 10.2. The van der Waals surface area contributed by atoms with Gasteiger partial charge in [0.05, 0.1) is 6.42 Å². The molecule has 5 nitrogen and oxygen atoms in total. The van der Waals surface area contributed by atoms with E-state index >= 15 is 0 Å². The first kappa shape index (κ1) is 20.5. The summed E-state index contributed by atoms with van der Waals surface area (Å²) < 4.78 is 0. The fraction of sp³-hybridized carbons (Fsp3) is 0.818. The summed E-state index contributed by atoms with van der Waals surface area (Å²) >= 11 is 0. The quantitative estimate of drug-likeness (QED) is 0.644. The number of hydrogen-bond donors (Lipinski definition) is 2. The summed E-state index contributed by atoms with van der Waals surface area (Å²) in [6.07, 6.45) is 5.27. The van der Waals surface area contributed by atoms with Crippen LogP contribution in [0.3, 0.4) is 0 Å². The molecular formula is C11H25NO4. The molecule has 0 amide bonds. The molecule has 5 heteroatoms. The highest BCUT2D eigenvalue weighted by molar-refractivity contribution is 5.80. The minimum absolute atomic E-state index is 0. The summed E-state index contributed by atoms with van der Waals surface area (Å²) in [6, 6.07) is 0. The third kappa shape index (κ3) is 29.2. The number of rotatable bonds is 7. The third-order valence-corrected chi connectivity index (χ3v) is 1.75. The highest BCUT2D eigenvalue weighted by atomic mass is 16.4. The number of carbonyl (C=O) groups excluding carboxylic acids is 1. The molecule has 0 rings (SSSR count). The van der Waals surface area contributed by atoms with Crippen molar-refractivity contribution in [2.75, 3.05) is 6.54 Å². The van der Waals surface area contributed by atoms with Gasteiger partial charge >= 0.3 is 5.97 Å². The highest BCUT2D eigenvalue weighted by Gasteiger charge is 1.97. The second-order valence-electron chi connectivity index (χ2n) is 3.45. The van der Waals surface area contributed by atoms with Crippen LogP contribution in [0.4, 0.5) is 0 Å². The third-order valence-electron chi connectivity index (χ3n) is 1.75. The normalized spacial score (nSPS) is 8.44. The van der Waals surface area contributed by atoms with Gasteiger partial charge in [0.1, 0.15) is 5.78 Å². The van der Waals surface area contributed by atoms with Gasteiger partial charge in [-0.25, -0.2) is 0 Å². The molecule has 0 aliphatic heterocycles. The molecule has 0 spiro atoms. The van der Waals surface area contributed by atoms with E-state index in [1.807, 2.05) is 0 Å². The van der Waals surface area contributed by atoms with Gasteiger partial charge in [0.25, 0.3) is 0 Å². The molecule has 0 bridgehead atoms. The van der Waals surface area contributed by atoms with Crippen LogP contribution < -0.4 is 5.73 Å². The van der Waals surface area contributed by atoms with E-state index in [-0.39, 0.29) is 24.1 Å². The largest absolute Gasteiger partial charge is 0.481 e. The van der Waals surface area contributed by atoms with Crippen molar-refractivity contribution in [2.45, 2.75) is 52.4 Å². The van der Waals surface area contributed by atoms with Crippen LogP contribution >= 0.6 is 0 Å². The summed E-state index contributed by atoms with van der Waals surface area (Å²) in [4.78, 5) is 19.8. The van der Waals surface area contributed by atoms with Crippen molar-refractivity contribution >= 4 is 11.8 Å². The Hall–Kier alpha value is -0.940. The predicted octanol–water partition coefficient (Wildman–Crippen LogP) is 1.14. The summed E-state index contributed by atoms with van der Waals surface area (Å²) in [6.45, 7) is 4.44. The molecule has 0 aromatic heterocycles. The van der Waals surface area contributed by atoms with E-state index in [0.29, 0.717) is 0 Å². The van der Waals surface area contributed by atoms with Crippen molar-refractivity contribution in [1.82, 2.24) is 0 Å². The molecule has 98 valence electrons. The van der Waals surface area contributed by atoms with Crippen molar-refractivity contribution in [3.8, 4) is 0 Å². The highest BCUT2D eigenvalue weighted by Crippen LogP contribution is 1.95. The van der Waals surface area contributed by atoms with Gasteiger partial charge in [0.2, 0.25) is 0 Å². The van der Waals surface area contributed by atoms with E-state index in [9.17, 15) is 9.59 Å². The molecule has 16 heavy (non-hydrogen) atoms. The summed E-state index contributed by atoms with van der Waals surface area (Å²) in [5.41, 5.74) is 5.27. The zero-order valence-corrected chi connectivity index (χ0v) is 10.3. The van der Waals surface area contributed by atoms with Gasteiger partial charge in [-0.15, -0.1) is 0 Å². The van der Waals surface area contributed by atoms with E-state index in [0.717, 1.165) is 6.54 Å². The Morgan fingerprint density at radius 2 is 1.69 bits per heavy atom. The second kappa shape index (κ2) is 16.5. The Kier molecular flexibility index (Phi) is 21.1. The molecule has 0 aromatic rings. The maximum atomic E-state index is 10.1. The van der Waals surface area contributed by atoms with Gasteiger partial charge in [0.15, 0.2) is 0 Å². The Balaban J connectivity index is -0.000000200. The van der Waals surface area contributed by atoms with Crippen LogP contribution in [-0.4, -0.2) is 28.9 Å². The predicted molar refractivity (Wildman–Crippen MR) is 64.4 cm³/mol. The van der Waals surface area contributed by atoms with E-state index < -0.39 is 5.97 Å². The fourth-order valence-electron chi connectivity index (χ4n) is 0.854. The summed E-state index contributed by atoms with van der Waals surface area (Å²) in [7, 11) is 0. The first-order chi connectivity index (χ1) is 7.04. The van der Waals surface area contributed by atoms with Crippen LogP contribution in [0.15, 0.2) is 0 Å². The average molecular weight is 235 g/mol. The number of unbranched alkanes of at least 4 members (excludes halogenated alkanes) is 3. The Bertz CT molecular complexity index is 153. The molecule has 0 aliphatic carbocycles. The van der Waals surface area contributed by atoms with Crippen LogP contribution in [0.25, 0.3) is 0 Å². The van der Waals surface area contributed by atoms with E-state index in [1.165, 1.54) is 32.6 Å². The topological polar surface area (TPSA) is 112 Å². The van der Waals surface area contributed by atoms with Crippen molar-refractivity contribution in [1.29, 1.82) is 0 Å². The van der Waals surface area contributed by atoms with Crippen molar-refractivity contribution in [3.63, 3.8) is 0 Å². The van der Waals surface area contributed by atoms with Gasteiger partial charge < -0.3 is 21.1 Å². The first-order valence-electron chi connectivity index (χ1n) is 5.45. The minimum Gasteiger partial charge on any atom is -0.481 e. The van der Waals surface area contributed by atoms with Crippen LogP contribution in [0.2, 0.25) is 0 Å². The number of hydrogen-bond acceptors (Lipinski definition) is 3. The molecule has 0 unspecified atom stereocenters. The van der Waals surface area contributed by atoms with E-state index in [2.05, 4.69) is 6.92 Å². The molecule has 0 radical (unpaired) electrons. The Morgan fingerprint density at radius 1 is 1.12 bits per heavy atom. The SMILES string of the molecule is CC(=O)CCC(=O)O.CCCCCCN.O. The van der Waals surface area contributed by atoms with Crippen molar-refractivity contribution < 1.29 is 20.2 Å². The van der Waals surface area contributed by atoms with Crippen molar-refractivity contribution in [2.24, 2.45) is 5.73 Å². The van der Waals surface area contributed by atoms with Crippen molar-refractivity contribution in [3.05, 3.63) is 0 Å². The van der Waals surface area contributed by atoms with E-state index in [4.69, 9.17) is 10.8 Å².